The Morgan fingerprint density at radius 2 is 2.35 bits per heavy atom. The number of likely N-dealkylation sites (tertiary alicyclic amines) is 1. The van der Waals surface area contributed by atoms with Crippen molar-refractivity contribution in [1.82, 2.24) is 24.8 Å². The van der Waals surface area contributed by atoms with Crippen LogP contribution < -0.4 is 5.32 Å². The summed E-state index contributed by atoms with van der Waals surface area (Å²) in [4.78, 5) is 24.2. The van der Waals surface area contributed by atoms with E-state index in [0.29, 0.717) is 6.54 Å². The smallest absolute Gasteiger partial charge is 0.317 e. The first-order valence-corrected chi connectivity index (χ1v) is 8.88. The van der Waals surface area contributed by atoms with Crippen molar-refractivity contribution in [2.24, 2.45) is 0 Å². The second-order valence-corrected chi connectivity index (χ2v) is 7.26. The first kappa shape index (κ1) is 16.0. The number of hydrogen-bond donors (Lipinski definition) is 1. The maximum atomic E-state index is 12.4. The molecule has 1 aliphatic rings. The summed E-state index contributed by atoms with van der Waals surface area (Å²) in [6.45, 7) is 6.37. The number of hydrogen-bond acceptors (Lipinski definition) is 4. The predicted molar refractivity (Wildman–Crippen MR) is 90.6 cm³/mol. The fourth-order valence-corrected chi connectivity index (χ4v) is 4.06. The van der Waals surface area contributed by atoms with Crippen molar-refractivity contribution in [2.75, 3.05) is 13.1 Å². The van der Waals surface area contributed by atoms with Gasteiger partial charge in [0.2, 0.25) is 0 Å². The zero-order valence-electron chi connectivity index (χ0n) is 13.7. The van der Waals surface area contributed by atoms with Crippen molar-refractivity contribution >= 4 is 17.4 Å². The minimum Gasteiger partial charge on any atom is -0.338 e. The molecule has 1 unspecified atom stereocenters. The fraction of sp³-hybridized carbons (Fsp3) is 0.562. The summed E-state index contributed by atoms with van der Waals surface area (Å²) in [5, 5.41) is 4.15. The standard InChI is InChI=1S/C16H23N5OS/c1-12-15(23-13(2)19-12)5-6-18-16(22)21-8-3-4-14(21)10-20-9-7-17-11-20/h7,9,11,14H,3-6,8,10H2,1-2H3,(H,18,22). The van der Waals surface area contributed by atoms with Crippen LogP contribution in [0.25, 0.3) is 0 Å². The zero-order chi connectivity index (χ0) is 16.2. The Balaban J connectivity index is 1.50. The van der Waals surface area contributed by atoms with Gasteiger partial charge in [-0.1, -0.05) is 0 Å². The summed E-state index contributed by atoms with van der Waals surface area (Å²) in [7, 11) is 0. The highest BCUT2D eigenvalue weighted by Crippen LogP contribution is 2.19. The number of thiazole rings is 1. The second-order valence-electron chi connectivity index (χ2n) is 5.97. The first-order valence-electron chi connectivity index (χ1n) is 8.06. The minimum atomic E-state index is 0.0477. The van der Waals surface area contributed by atoms with Gasteiger partial charge >= 0.3 is 6.03 Å². The van der Waals surface area contributed by atoms with E-state index < -0.39 is 0 Å². The molecule has 2 amide bonds. The first-order chi connectivity index (χ1) is 11.1. The predicted octanol–water partition coefficient (Wildman–Crippen LogP) is 2.37. The largest absolute Gasteiger partial charge is 0.338 e. The number of nitrogens with one attached hydrogen (secondary N) is 1. The van der Waals surface area contributed by atoms with Crippen LogP contribution in [0.5, 0.6) is 0 Å². The maximum Gasteiger partial charge on any atom is 0.317 e. The molecule has 1 atom stereocenters. The summed E-state index contributed by atoms with van der Waals surface area (Å²) >= 11 is 1.72. The lowest BCUT2D eigenvalue weighted by molar-refractivity contribution is 0.187. The molecule has 3 rings (SSSR count). The van der Waals surface area contributed by atoms with Crippen molar-refractivity contribution in [3.8, 4) is 0 Å². The van der Waals surface area contributed by atoms with Crippen LogP contribution in [0.1, 0.15) is 28.4 Å². The third-order valence-corrected chi connectivity index (χ3v) is 5.38. The fourth-order valence-electron chi connectivity index (χ4n) is 3.12. The summed E-state index contributed by atoms with van der Waals surface area (Å²) in [6.07, 6.45) is 8.51. The van der Waals surface area contributed by atoms with E-state index in [4.69, 9.17) is 0 Å². The van der Waals surface area contributed by atoms with Crippen molar-refractivity contribution in [3.63, 3.8) is 0 Å². The number of aromatic nitrogens is 3. The maximum absolute atomic E-state index is 12.4. The molecule has 6 nitrogen and oxygen atoms in total. The van der Waals surface area contributed by atoms with Crippen LogP contribution in [0.15, 0.2) is 18.7 Å². The monoisotopic (exact) mass is 333 g/mol. The molecule has 0 spiro atoms. The molecule has 3 heterocycles. The number of rotatable bonds is 5. The average Bonchev–Trinajstić information content (AvgIpc) is 3.22. The molecule has 23 heavy (non-hydrogen) atoms. The molecule has 1 aliphatic heterocycles. The number of carbonyl (C=O) groups excluding carboxylic acids is 1. The van der Waals surface area contributed by atoms with E-state index in [0.717, 1.165) is 43.1 Å². The molecule has 1 N–H and O–H groups in total. The normalized spacial score (nSPS) is 17.7. The number of aryl methyl sites for hydroxylation is 2. The molecular weight excluding hydrogens is 310 g/mol. The van der Waals surface area contributed by atoms with Crippen LogP contribution in [0, 0.1) is 13.8 Å². The lowest BCUT2D eigenvalue weighted by atomic mass is 10.2. The molecule has 0 bridgehead atoms. The number of imidazole rings is 1. The van der Waals surface area contributed by atoms with Gasteiger partial charge in [-0.3, -0.25) is 0 Å². The van der Waals surface area contributed by atoms with E-state index in [1.54, 1.807) is 17.5 Å². The van der Waals surface area contributed by atoms with E-state index in [1.807, 2.05) is 35.8 Å². The van der Waals surface area contributed by atoms with Crippen LogP contribution in [0.3, 0.4) is 0 Å². The highest BCUT2D eigenvalue weighted by Gasteiger charge is 2.28. The molecular formula is C16H23N5OS. The van der Waals surface area contributed by atoms with Gasteiger partial charge in [0.15, 0.2) is 0 Å². The van der Waals surface area contributed by atoms with Gasteiger partial charge in [-0.2, -0.15) is 0 Å². The van der Waals surface area contributed by atoms with Gasteiger partial charge in [0.05, 0.1) is 23.1 Å². The number of urea groups is 1. The van der Waals surface area contributed by atoms with Crippen LogP contribution in [-0.2, 0) is 13.0 Å². The summed E-state index contributed by atoms with van der Waals surface area (Å²) < 4.78 is 2.04. The quantitative estimate of drug-likeness (QED) is 0.914. The lowest BCUT2D eigenvalue weighted by Gasteiger charge is -2.25. The Bertz CT molecular complexity index is 651. The van der Waals surface area contributed by atoms with E-state index in [1.165, 1.54) is 4.88 Å². The molecule has 0 aliphatic carbocycles. The van der Waals surface area contributed by atoms with E-state index in [2.05, 4.69) is 15.3 Å². The summed E-state index contributed by atoms with van der Waals surface area (Å²) in [6, 6.07) is 0.308. The molecule has 2 aromatic rings. The van der Waals surface area contributed by atoms with Crippen LogP contribution in [0.2, 0.25) is 0 Å². The van der Waals surface area contributed by atoms with E-state index in [9.17, 15) is 4.79 Å². The SMILES string of the molecule is Cc1nc(C)c(CCNC(=O)N2CCCC2Cn2ccnc2)s1. The lowest BCUT2D eigenvalue weighted by Crippen LogP contribution is -2.44. The van der Waals surface area contributed by atoms with Crippen LogP contribution in [-0.4, -0.2) is 44.6 Å². The Kier molecular flexibility index (Phi) is 4.95. The van der Waals surface area contributed by atoms with Crippen molar-refractivity contribution in [3.05, 3.63) is 34.3 Å². The number of carbonyl (C=O) groups is 1. The third-order valence-electron chi connectivity index (χ3n) is 4.25. The Labute approximate surface area is 140 Å². The molecule has 1 fully saturated rings. The zero-order valence-corrected chi connectivity index (χ0v) is 14.5. The van der Waals surface area contributed by atoms with Gasteiger partial charge < -0.3 is 14.8 Å². The van der Waals surface area contributed by atoms with Crippen molar-refractivity contribution < 1.29 is 4.79 Å². The van der Waals surface area contributed by atoms with Crippen molar-refractivity contribution in [1.29, 1.82) is 0 Å². The summed E-state index contributed by atoms with van der Waals surface area (Å²) in [5.74, 6) is 0. The highest BCUT2D eigenvalue weighted by atomic mass is 32.1. The van der Waals surface area contributed by atoms with Gasteiger partial charge in [-0.05, 0) is 26.7 Å². The number of nitrogens with zero attached hydrogens (tertiary/aromatic N) is 4. The van der Waals surface area contributed by atoms with Gasteiger partial charge in [-0.25, -0.2) is 14.8 Å². The van der Waals surface area contributed by atoms with Gasteiger partial charge in [0.1, 0.15) is 0 Å². The Hall–Kier alpha value is -1.89. The van der Waals surface area contributed by atoms with Gasteiger partial charge in [0.25, 0.3) is 0 Å². The van der Waals surface area contributed by atoms with E-state index in [-0.39, 0.29) is 12.1 Å². The molecule has 1 saturated heterocycles. The van der Waals surface area contributed by atoms with Gasteiger partial charge in [-0.15, -0.1) is 11.3 Å². The molecule has 0 radical (unpaired) electrons. The van der Waals surface area contributed by atoms with E-state index >= 15 is 0 Å². The topological polar surface area (TPSA) is 63.1 Å². The van der Waals surface area contributed by atoms with Crippen LogP contribution >= 0.6 is 11.3 Å². The highest BCUT2D eigenvalue weighted by molar-refractivity contribution is 7.11. The van der Waals surface area contributed by atoms with Gasteiger partial charge in [0, 0.05) is 43.3 Å². The minimum absolute atomic E-state index is 0.0477. The third kappa shape index (κ3) is 3.90. The van der Waals surface area contributed by atoms with Crippen LogP contribution in [0.4, 0.5) is 4.79 Å². The molecule has 124 valence electrons. The van der Waals surface area contributed by atoms with Crippen molar-refractivity contribution in [2.45, 2.75) is 45.7 Å². The molecule has 0 saturated carbocycles. The molecule has 7 heteroatoms. The Morgan fingerprint density at radius 3 is 3.04 bits per heavy atom. The second kappa shape index (κ2) is 7.12. The Morgan fingerprint density at radius 1 is 1.48 bits per heavy atom. The molecule has 0 aromatic carbocycles. The average molecular weight is 333 g/mol. The number of amides is 2. The summed E-state index contributed by atoms with van der Waals surface area (Å²) in [5.41, 5.74) is 1.08. The molecule has 2 aromatic heterocycles.